The molecule has 2 rings (SSSR count). The zero-order valence-corrected chi connectivity index (χ0v) is 13.3. The van der Waals surface area contributed by atoms with Gasteiger partial charge < -0.3 is 5.32 Å². The molecule has 20 heavy (non-hydrogen) atoms. The lowest BCUT2D eigenvalue weighted by Crippen LogP contribution is -2.30. The highest BCUT2D eigenvalue weighted by Crippen LogP contribution is 2.24. The minimum atomic E-state index is -0.217. The molecule has 0 saturated carbocycles. The summed E-state index contributed by atoms with van der Waals surface area (Å²) in [6.45, 7) is 4.26. The quantitative estimate of drug-likeness (QED) is 0.821. The molecule has 0 saturated heterocycles. The van der Waals surface area contributed by atoms with Gasteiger partial charge in [0.15, 0.2) is 0 Å². The van der Waals surface area contributed by atoms with Crippen LogP contribution in [0.5, 0.6) is 0 Å². The zero-order chi connectivity index (χ0) is 14.5. The lowest BCUT2D eigenvalue weighted by molar-refractivity contribution is 0.475. The van der Waals surface area contributed by atoms with E-state index in [9.17, 15) is 4.39 Å². The molecule has 0 aliphatic heterocycles. The van der Waals surface area contributed by atoms with Gasteiger partial charge in [-0.05, 0) is 43.5 Å². The van der Waals surface area contributed by atoms with Gasteiger partial charge in [0.1, 0.15) is 5.82 Å². The summed E-state index contributed by atoms with van der Waals surface area (Å²) < 4.78 is 13.9. The van der Waals surface area contributed by atoms with E-state index in [0.717, 1.165) is 16.5 Å². The standard InChI is InChI=1S/C17H19BrFN/c1-12(10-14-6-4-3-5-7-14)20-13(2)16-9-8-15(19)11-17(16)18/h3-9,11-13,20H,10H2,1-2H3. The molecule has 1 nitrogen and oxygen atoms in total. The highest BCUT2D eigenvalue weighted by molar-refractivity contribution is 9.10. The first-order chi connectivity index (χ1) is 9.56. The lowest BCUT2D eigenvalue weighted by Gasteiger charge is -2.21. The van der Waals surface area contributed by atoms with E-state index in [1.165, 1.54) is 17.7 Å². The smallest absolute Gasteiger partial charge is 0.124 e. The maximum atomic E-state index is 13.1. The Morgan fingerprint density at radius 1 is 1.10 bits per heavy atom. The molecule has 0 radical (unpaired) electrons. The molecule has 0 aromatic heterocycles. The van der Waals surface area contributed by atoms with E-state index in [4.69, 9.17) is 0 Å². The number of nitrogens with one attached hydrogen (secondary N) is 1. The Balaban J connectivity index is 1.98. The summed E-state index contributed by atoms with van der Waals surface area (Å²) in [5, 5.41) is 3.55. The molecule has 0 aliphatic carbocycles. The summed E-state index contributed by atoms with van der Waals surface area (Å²) in [5.74, 6) is -0.217. The number of benzene rings is 2. The maximum Gasteiger partial charge on any atom is 0.124 e. The fraction of sp³-hybridized carbons (Fsp3) is 0.294. The van der Waals surface area contributed by atoms with E-state index >= 15 is 0 Å². The third kappa shape index (κ3) is 4.15. The van der Waals surface area contributed by atoms with Crippen LogP contribution in [-0.2, 0) is 6.42 Å². The number of rotatable bonds is 5. The van der Waals surface area contributed by atoms with E-state index in [1.807, 2.05) is 12.1 Å². The fourth-order valence-corrected chi connectivity index (χ4v) is 3.09. The highest BCUT2D eigenvalue weighted by atomic mass is 79.9. The van der Waals surface area contributed by atoms with Crippen LogP contribution in [0.3, 0.4) is 0 Å². The highest BCUT2D eigenvalue weighted by Gasteiger charge is 2.13. The Morgan fingerprint density at radius 3 is 2.45 bits per heavy atom. The molecule has 2 aromatic carbocycles. The van der Waals surface area contributed by atoms with Crippen LogP contribution in [0.4, 0.5) is 4.39 Å². The Hall–Kier alpha value is -1.19. The minimum absolute atomic E-state index is 0.170. The van der Waals surface area contributed by atoms with Gasteiger partial charge in [-0.1, -0.05) is 52.3 Å². The van der Waals surface area contributed by atoms with Crippen molar-refractivity contribution in [2.24, 2.45) is 0 Å². The van der Waals surface area contributed by atoms with Crippen molar-refractivity contribution in [2.45, 2.75) is 32.4 Å². The first-order valence-electron chi connectivity index (χ1n) is 6.81. The van der Waals surface area contributed by atoms with Crippen molar-refractivity contribution < 1.29 is 4.39 Å². The minimum Gasteiger partial charge on any atom is -0.307 e. The second-order valence-electron chi connectivity index (χ2n) is 5.14. The van der Waals surface area contributed by atoms with Crippen molar-refractivity contribution in [3.05, 3.63) is 69.9 Å². The van der Waals surface area contributed by atoms with Crippen molar-refractivity contribution in [2.75, 3.05) is 0 Å². The lowest BCUT2D eigenvalue weighted by atomic mass is 10.0. The van der Waals surface area contributed by atoms with Crippen LogP contribution in [-0.4, -0.2) is 6.04 Å². The molecule has 2 unspecified atom stereocenters. The zero-order valence-electron chi connectivity index (χ0n) is 11.7. The Bertz CT molecular complexity index is 556. The van der Waals surface area contributed by atoms with Crippen molar-refractivity contribution >= 4 is 15.9 Å². The van der Waals surface area contributed by atoms with Gasteiger partial charge in [-0.2, -0.15) is 0 Å². The van der Waals surface area contributed by atoms with Crippen LogP contribution in [0.25, 0.3) is 0 Å². The Morgan fingerprint density at radius 2 is 1.80 bits per heavy atom. The maximum absolute atomic E-state index is 13.1. The number of halogens is 2. The van der Waals surface area contributed by atoms with E-state index in [-0.39, 0.29) is 11.9 Å². The molecule has 0 aliphatic rings. The molecule has 2 aromatic rings. The summed E-state index contributed by atoms with van der Waals surface area (Å²) in [7, 11) is 0. The first kappa shape index (κ1) is 15.2. The van der Waals surface area contributed by atoms with Crippen LogP contribution in [0.1, 0.15) is 31.0 Å². The summed E-state index contributed by atoms with van der Waals surface area (Å²) in [6.07, 6.45) is 0.976. The summed E-state index contributed by atoms with van der Waals surface area (Å²) in [4.78, 5) is 0. The molecule has 1 N–H and O–H groups in total. The summed E-state index contributed by atoms with van der Waals surface area (Å²) in [6, 6.07) is 15.8. The average Bonchev–Trinajstić information content (AvgIpc) is 2.39. The molecule has 0 spiro atoms. The van der Waals surface area contributed by atoms with E-state index in [1.54, 1.807) is 0 Å². The Labute approximate surface area is 128 Å². The van der Waals surface area contributed by atoms with Crippen LogP contribution >= 0.6 is 15.9 Å². The van der Waals surface area contributed by atoms with Crippen molar-refractivity contribution in [3.8, 4) is 0 Å². The summed E-state index contributed by atoms with van der Waals surface area (Å²) in [5.41, 5.74) is 2.39. The van der Waals surface area contributed by atoms with Gasteiger partial charge in [0.25, 0.3) is 0 Å². The van der Waals surface area contributed by atoms with Gasteiger partial charge in [0.2, 0.25) is 0 Å². The second-order valence-corrected chi connectivity index (χ2v) is 6.00. The molecule has 3 heteroatoms. The second kappa shape index (κ2) is 7.00. The van der Waals surface area contributed by atoms with Crippen LogP contribution in [0.15, 0.2) is 53.0 Å². The third-order valence-corrected chi connectivity index (χ3v) is 4.03. The Kier molecular flexibility index (Phi) is 5.32. The topological polar surface area (TPSA) is 12.0 Å². The average molecular weight is 336 g/mol. The largest absolute Gasteiger partial charge is 0.307 e. The van der Waals surface area contributed by atoms with Crippen LogP contribution < -0.4 is 5.32 Å². The van der Waals surface area contributed by atoms with Crippen molar-refractivity contribution in [1.29, 1.82) is 0 Å². The van der Waals surface area contributed by atoms with E-state index in [0.29, 0.717) is 6.04 Å². The SMILES string of the molecule is CC(Cc1ccccc1)NC(C)c1ccc(F)cc1Br. The van der Waals surface area contributed by atoms with Gasteiger partial charge in [-0.15, -0.1) is 0 Å². The molecule has 2 atom stereocenters. The summed E-state index contributed by atoms with van der Waals surface area (Å²) >= 11 is 3.42. The predicted octanol–water partition coefficient (Wildman–Crippen LogP) is 4.87. The van der Waals surface area contributed by atoms with Gasteiger partial charge >= 0.3 is 0 Å². The van der Waals surface area contributed by atoms with E-state index in [2.05, 4.69) is 59.4 Å². The van der Waals surface area contributed by atoms with Crippen molar-refractivity contribution in [3.63, 3.8) is 0 Å². The van der Waals surface area contributed by atoms with Gasteiger partial charge in [-0.3, -0.25) is 0 Å². The predicted molar refractivity (Wildman–Crippen MR) is 85.3 cm³/mol. The molecule has 0 heterocycles. The third-order valence-electron chi connectivity index (χ3n) is 3.35. The van der Waals surface area contributed by atoms with E-state index < -0.39 is 0 Å². The monoisotopic (exact) mass is 335 g/mol. The van der Waals surface area contributed by atoms with Crippen LogP contribution in [0.2, 0.25) is 0 Å². The van der Waals surface area contributed by atoms with Gasteiger partial charge in [-0.25, -0.2) is 4.39 Å². The van der Waals surface area contributed by atoms with Gasteiger partial charge in [0, 0.05) is 16.6 Å². The molecule has 0 amide bonds. The first-order valence-corrected chi connectivity index (χ1v) is 7.60. The molecule has 0 bridgehead atoms. The number of hydrogen-bond acceptors (Lipinski definition) is 1. The molecule has 0 fully saturated rings. The molecule has 106 valence electrons. The van der Waals surface area contributed by atoms with Gasteiger partial charge in [0.05, 0.1) is 0 Å². The molecular weight excluding hydrogens is 317 g/mol. The molecular formula is C17H19BrFN. The fourth-order valence-electron chi connectivity index (χ4n) is 2.40. The normalized spacial score (nSPS) is 14.0. The number of hydrogen-bond donors (Lipinski definition) is 1. The van der Waals surface area contributed by atoms with Crippen molar-refractivity contribution in [1.82, 2.24) is 5.32 Å². The van der Waals surface area contributed by atoms with Crippen LogP contribution in [0, 0.1) is 5.82 Å².